The van der Waals surface area contributed by atoms with Gasteiger partial charge < -0.3 is 24.5 Å². The maximum atomic E-state index is 12.9. The van der Waals surface area contributed by atoms with E-state index in [2.05, 4.69) is 14.9 Å². The van der Waals surface area contributed by atoms with E-state index in [0.29, 0.717) is 49.4 Å². The van der Waals surface area contributed by atoms with Crippen molar-refractivity contribution in [1.82, 2.24) is 14.9 Å². The number of amides is 1. The van der Waals surface area contributed by atoms with Gasteiger partial charge in [0.05, 0.1) is 23.3 Å². The Hall–Kier alpha value is -3.55. The lowest BCUT2D eigenvalue weighted by Crippen LogP contribution is -2.48. The van der Waals surface area contributed by atoms with Gasteiger partial charge in [-0.3, -0.25) is 14.4 Å². The zero-order valence-corrected chi connectivity index (χ0v) is 16.1. The molecule has 0 radical (unpaired) electrons. The minimum Gasteiger partial charge on any atom is -0.492 e. The fraction of sp³-hybridized carbons (Fsp3) is 0.286. The number of carbonyl (C=O) groups excluding carboxylic acids is 1. The van der Waals surface area contributed by atoms with Gasteiger partial charge in [0.25, 0.3) is 5.91 Å². The number of hydrogen-bond acceptors (Lipinski definition) is 5. The van der Waals surface area contributed by atoms with E-state index in [1.165, 1.54) is 0 Å². The molecule has 0 spiro atoms. The minimum absolute atomic E-state index is 0.100. The molecule has 2 aromatic carbocycles. The van der Waals surface area contributed by atoms with E-state index < -0.39 is 11.1 Å². The van der Waals surface area contributed by atoms with Crippen LogP contribution in [0.5, 0.6) is 5.75 Å². The average Bonchev–Trinajstić information content (AvgIpc) is 2.74. The van der Waals surface area contributed by atoms with Crippen LogP contribution in [0.1, 0.15) is 17.3 Å². The van der Waals surface area contributed by atoms with Crippen LogP contribution in [0.2, 0.25) is 0 Å². The number of anilines is 1. The number of piperazine rings is 1. The van der Waals surface area contributed by atoms with Crippen molar-refractivity contribution in [3.63, 3.8) is 0 Å². The van der Waals surface area contributed by atoms with E-state index in [-0.39, 0.29) is 5.91 Å². The van der Waals surface area contributed by atoms with Crippen LogP contribution >= 0.6 is 0 Å². The molecule has 1 amide bonds. The molecule has 1 fully saturated rings. The Bertz CT molecular complexity index is 1160. The topological polar surface area (TPSA) is 98.5 Å². The number of fused-ring (bicyclic) bond motifs is 1. The van der Waals surface area contributed by atoms with Crippen LogP contribution in [0.4, 0.5) is 5.69 Å². The molecule has 0 bridgehead atoms. The molecule has 1 aliphatic heterocycles. The number of aromatic nitrogens is 2. The Morgan fingerprint density at radius 1 is 0.966 bits per heavy atom. The summed E-state index contributed by atoms with van der Waals surface area (Å²) < 4.78 is 5.72. The molecule has 0 saturated carbocycles. The van der Waals surface area contributed by atoms with Crippen LogP contribution in [-0.2, 0) is 0 Å². The summed E-state index contributed by atoms with van der Waals surface area (Å²) in [5, 5.41) is 0. The zero-order chi connectivity index (χ0) is 20.4. The molecule has 3 aromatic rings. The van der Waals surface area contributed by atoms with Gasteiger partial charge in [-0.1, -0.05) is 12.1 Å². The normalized spacial score (nSPS) is 14.2. The number of benzene rings is 2. The number of carbonyl (C=O) groups is 1. The molecule has 29 heavy (non-hydrogen) atoms. The highest BCUT2D eigenvalue weighted by Crippen LogP contribution is 2.29. The van der Waals surface area contributed by atoms with Crippen molar-refractivity contribution in [1.29, 1.82) is 0 Å². The second-order valence-electron chi connectivity index (χ2n) is 6.85. The summed E-state index contributed by atoms with van der Waals surface area (Å²) in [7, 11) is 0. The van der Waals surface area contributed by atoms with Crippen molar-refractivity contribution < 1.29 is 9.53 Å². The molecule has 8 nitrogen and oxygen atoms in total. The van der Waals surface area contributed by atoms with E-state index in [1.807, 2.05) is 31.2 Å². The van der Waals surface area contributed by atoms with Gasteiger partial charge in [0, 0.05) is 31.7 Å². The van der Waals surface area contributed by atoms with Crippen molar-refractivity contribution in [2.75, 3.05) is 37.7 Å². The van der Waals surface area contributed by atoms with E-state index in [1.54, 1.807) is 23.1 Å². The number of aromatic amines is 2. The van der Waals surface area contributed by atoms with Gasteiger partial charge in [-0.2, -0.15) is 0 Å². The summed E-state index contributed by atoms with van der Waals surface area (Å²) >= 11 is 0. The van der Waals surface area contributed by atoms with E-state index >= 15 is 0 Å². The summed E-state index contributed by atoms with van der Waals surface area (Å²) in [6, 6.07) is 12.8. The predicted molar refractivity (Wildman–Crippen MR) is 111 cm³/mol. The van der Waals surface area contributed by atoms with Crippen LogP contribution in [0.25, 0.3) is 11.0 Å². The number of ether oxygens (including phenoxy) is 1. The smallest absolute Gasteiger partial charge is 0.314 e. The highest BCUT2D eigenvalue weighted by molar-refractivity contribution is 5.97. The predicted octanol–water partition coefficient (Wildman–Crippen LogP) is 1.58. The van der Waals surface area contributed by atoms with Gasteiger partial charge in [0.1, 0.15) is 5.75 Å². The number of nitrogens with zero attached hydrogens (tertiary/aromatic N) is 2. The Labute approximate surface area is 166 Å². The van der Waals surface area contributed by atoms with Gasteiger partial charge >= 0.3 is 11.1 Å². The second kappa shape index (κ2) is 7.83. The quantitative estimate of drug-likeness (QED) is 0.655. The summed E-state index contributed by atoms with van der Waals surface area (Å²) in [6.07, 6.45) is 0. The first-order valence-electron chi connectivity index (χ1n) is 9.59. The molecule has 1 saturated heterocycles. The molecule has 4 rings (SSSR count). The molecule has 0 aliphatic carbocycles. The third-order valence-electron chi connectivity index (χ3n) is 5.04. The number of rotatable bonds is 4. The van der Waals surface area contributed by atoms with Crippen LogP contribution < -0.4 is 20.8 Å². The fourth-order valence-corrected chi connectivity index (χ4v) is 3.58. The molecule has 0 unspecified atom stereocenters. The summed E-state index contributed by atoms with van der Waals surface area (Å²) in [6.45, 7) is 5.13. The Kier molecular flexibility index (Phi) is 5.07. The molecule has 1 aliphatic rings. The molecule has 0 atom stereocenters. The van der Waals surface area contributed by atoms with Crippen molar-refractivity contribution in [3.05, 3.63) is 68.7 Å². The molecule has 1 aromatic heterocycles. The number of H-pyrrole nitrogens is 2. The van der Waals surface area contributed by atoms with Crippen molar-refractivity contribution in [3.8, 4) is 5.75 Å². The third kappa shape index (κ3) is 3.73. The molecule has 2 N–H and O–H groups in total. The maximum absolute atomic E-state index is 12.9. The summed E-state index contributed by atoms with van der Waals surface area (Å²) in [4.78, 5) is 44.9. The highest BCUT2D eigenvalue weighted by atomic mass is 16.5. The first-order chi connectivity index (χ1) is 14.1. The lowest BCUT2D eigenvalue weighted by Gasteiger charge is -2.36. The van der Waals surface area contributed by atoms with Crippen molar-refractivity contribution in [2.24, 2.45) is 0 Å². The highest BCUT2D eigenvalue weighted by Gasteiger charge is 2.24. The average molecular weight is 394 g/mol. The maximum Gasteiger partial charge on any atom is 0.314 e. The van der Waals surface area contributed by atoms with Gasteiger partial charge in [-0.05, 0) is 37.3 Å². The minimum atomic E-state index is -0.733. The number of hydrogen-bond donors (Lipinski definition) is 2. The monoisotopic (exact) mass is 394 g/mol. The largest absolute Gasteiger partial charge is 0.492 e. The Morgan fingerprint density at radius 2 is 1.66 bits per heavy atom. The molecular weight excluding hydrogens is 372 g/mol. The Balaban J connectivity index is 1.49. The molecular formula is C21H22N4O4. The third-order valence-corrected chi connectivity index (χ3v) is 5.04. The Morgan fingerprint density at radius 3 is 2.38 bits per heavy atom. The first kappa shape index (κ1) is 18.8. The van der Waals surface area contributed by atoms with Crippen LogP contribution in [0.3, 0.4) is 0 Å². The molecule has 8 heteroatoms. The fourth-order valence-electron chi connectivity index (χ4n) is 3.58. The van der Waals surface area contributed by atoms with E-state index in [9.17, 15) is 14.4 Å². The number of nitrogens with one attached hydrogen (secondary N) is 2. The molecule has 2 heterocycles. The first-order valence-corrected chi connectivity index (χ1v) is 9.59. The summed E-state index contributed by atoms with van der Waals surface area (Å²) in [5.74, 6) is 0.749. The van der Waals surface area contributed by atoms with Gasteiger partial charge in [0.2, 0.25) is 0 Å². The van der Waals surface area contributed by atoms with Crippen LogP contribution in [0.15, 0.2) is 52.1 Å². The van der Waals surface area contributed by atoms with Crippen LogP contribution in [-0.4, -0.2) is 53.6 Å². The second-order valence-corrected chi connectivity index (χ2v) is 6.85. The van der Waals surface area contributed by atoms with Crippen molar-refractivity contribution in [2.45, 2.75) is 6.92 Å². The van der Waals surface area contributed by atoms with Crippen LogP contribution in [0, 0.1) is 0 Å². The summed E-state index contributed by atoms with van der Waals surface area (Å²) in [5.41, 5.74) is 0.994. The van der Waals surface area contributed by atoms with E-state index in [0.717, 1.165) is 11.4 Å². The lowest BCUT2D eigenvalue weighted by atomic mass is 10.1. The lowest BCUT2D eigenvalue weighted by molar-refractivity contribution is 0.0747. The van der Waals surface area contributed by atoms with Gasteiger partial charge in [-0.25, -0.2) is 0 Å². The van der Waals surface area contributed by atoms with Crippen molar-refractivity contribution >= 4 is 22.6 Å². The van der Waals surface area contributed by atoms with Gasteiger partial charge in [0.15, 0.2) is 0 Å². The standard InChI is InChI=1S/C21H22N4O4/c1-2-29-18-6-4-3-5-17(18)24-9-11-25(12-10-24)21(28)14-7-8-15-16(13-14)23-20(27)19(26)22-15/h3-8,13H,2,9-12H2,1H3,(H,22,26)(H,23,27). The van der Waals surface area contributed by atoms with E-state index in [4.69, 9.17) is 4.74 Å². The number of para-hydroxylation sites is 2. The molecule has 150 valence electrons. The zero-order valence-electron chi connectivity index (χ0n) is 16.1. The van der Waals surface area contributed by atoms with Gasteiger partial charge in [-0.15, -0.1) is 0 Å². The SMILES string of the molecule is CCOc1ccccc1N1CCN(C(=O)c2ccc3[nH]c(=O)c(=O)[nH]c3c2)CC1.